The zero-order valence-corrected chi connectivity index (χ0v) is 39.0. The Morgan fingerprint density at radius 3 is 0.323 bits per heavy atom. The van der Waals surface area contributed by atoms with E-state index in [1.165, 1.54) is 0 Å². The SMILES string of the molecule is O=S(=O)(OS(=O)(=O)C(F)(F)F)C(F)(F)F.O=S(=O)([O-])C(F)(F)F.O=S(=O)([O-])C(F)(F)F.O=S(=O)([O-])C(F)(F)F.O=S(=O)([O-])C(F)(F)F.O=S(=O)([O-])C(F)(F)F.O=S(=O)([O-])C(F)(F)F.[Sn+2].[Sn+4]. The van der Waals surface area contributed by atoms with Gasteiger partial charge in [-0.15, -0.1) is 3.63 Å². The van der Waals surface area contributed by atoms with Crippen molar-refractivity contribution in [2.75, 3.05) is 0 Å². The maximum Gasteiger partial charge on any atom is 4.00 e. The molecule has 0 aliphatic carbocycles. The molecule has 0 aliphatic rings. The van der Waals surface area contributed by atoms with E-state index in [-0.39, 0.29) is 47.8 Å². The second-order valence-electron chi connectivity index (χ2n) is 7.27. The molecule has 0 aromatic heterocycles. The van der Waals surface area contributed by atoms with E-state index in [1.807, 2.05) is 3.63 Å². The summed E-state index contributed by atoms with van der Waals surface area (Å²) in [5.74, 6) is 0. The standard InChI is InChI=1S/C2F6O5S2.6CHF3O3S.2Sn/c3-1(4,5)14(9,10)13-15(11,12)2(6,7)8;6*2-1(3,4)8(5,6)7;;/h;6*(H,5,6,7);;/q;;;;;;;+2;+4/p-6. The van der Waals surface area contributed by atoms with Crippen molar-refractivity contribution in [1.29, 1.82) is 0 Å². The van der Waals surface area contributed by atoms with Crippen LogP contribution in [0.15, 0.2) is 0 Å². The van der Waals surface area contributed by atoms with Gasteiger partial charge in [0.2, 0.25) is 0 Å². The molecule has 65 heavy (non-hydrogen) atoms. The van der Waals surface area contributed by atoms with Gasteiger partial charge >= 0.3 is 112 Å². The summed E-state index contributed by atoms with van der Waals surface area (Å²) in [6.07, 6.45) is 0. The Kier molecular flexibility index (Phi) is 34.3. The molecule has 23 nitrogen and oxygen atoms in total. The number of alkyl halides is 24. The van der Waals surface area contributed by atoms with Crippen LogP contribution < -0.4 is 0 Å². The van der Waals surface area contributed by atoms with E-state index in [1.54, 1.807) is 0 Å². The Hall–Kier alpha value is -0.763. The van der Waals surface area contributed by atoms with Crippen molar-refractivity contribution < 1.29 is 204 Å². The van der Waals surface area contributed by atoms with Gasteiger partial charge in [0, 0.05) is 0 Å². The predicted molar refractivity (Wildman–Crippen MR) is 137 cm³/mol. The maximum absolute atomic E-state index is 11.4. The van der Waals surface area contributed by atoms with Crippen LogP contribution in [0.2, 0.25) is 0 Å². The van der Waals surface area contributed by atoms with Crippen LogP contribution in [0.1, 0.15) is 0 Å². The third-order valence-corrected chi connectivity index (χ3v) is 8.42. The summed E-state index contributed by atoms with van der Waals surface area (Å²) in [5.41, 5.74) is -46.4. The fraction of sp³-hybridized carbons (Fsp3) is 1.00. The van der Waals surface area contributed by atoms with Crippen molar-refractivity contribution in [2.45, 2.75) is 44.1 Å². The molecule has 0 unspecified atom stereocenters. The summed E-state index contributed by atoms with van der Waals surface area (Å²) in [4.78, 5) is 0. The molecule has 0 bridgehead atoms. The molecule has 2 radical (unpaired) electrons. The first-order chi connectivity index (χ1) is 25.7. The van der Waals surface area contributed by atoms with Crippen LogP contribution in [0.5, 0.6) is 0 Å². The summed E-state index contributed by atoms with van der Waals surface area (Å²) in [6, 6.07) is 0. The van der Waals surface area contributed by atoms with E-state index in [0.717, 1.165) is 0 Å². The van der Waals surface area contributed by atoms with Crippen LogP contribution >= 0.6 is 0 Å². The Morgan fingerprint density at radius 2 is 0.292 bits per heavy atom. The van der Waals surface area contributed by atoms with Gasteiger partial charge in [-0.3, -0.25) is 0 Å². The summed E-state index contributed by atoms with van der Waals surface area (Å²) in [5, 5.41) is 0. The number of hydrogen-bond donors (Lipinski definition) is 0. The molecule has 0 aromatic carbocycles. The zero-order valence-electron chi connectivity index (χ0n) is 26.7. The van der Waals surface area contributed by atoms with Crippen LogP contribution in [0.4, 0.5) is 105 Å². The first-order valence-corrected chi connectivity index (χ1v) is 21.4. The van der Waals surface area contributed by atoms with E-state index in [4.69, 9.17) is 77.8 Å². The summed E-state index contributed by atoms with van der Waals surface area (Å²) in [6.45, 7) is 0. The van der Waals surface area contributed by atoms with Crippen LogP contribution in [-0.2, 0) is 84.6 Å². The second-order valence-corrected chi connectivity index (χ2v) is 18.8. The van der Waals surface area contributed by atoms with Gasteiger partial charge in [-0.25, -0.2) is 50.5 Å². The molecular formula is C8F24O23S8Sn2. The van der Waals surface area contributed by atoms with E-state index in [2.05, 4.69) is 0 Å². The quantitative estimate of drug-likeness (QED) is 0.155. The average Bonchev–Trinajstić information content (AvgIpc) is 2.81. The number of hydrogen-bond acceptors (Lipinski definition) is 23. The minimum absolute atomic E-state index is 0. The van der Waals surface area contributed by atoms with E-state index in [0.29, 0.717) is 0 Å². The molecule has 0 amide bonds. The third kappa shape index (κ3) is 39.8. The van der Waals surface area contributed by atoms with Crippen molar-refractivity contribution in [3.8, 4) is 0 Å². The van der Waals surface area contributed by atoms with Gasteiger partial charge in [-0.2, -0.15) is 122 Å². The smallest absolute Gasteiger partial charge is 0.741 e. The molecule has 394 valence electrons. The molecule has 0 N–H and O–H groups in total. The minimum atomic E-state index is -6.85. The Balaban J connectivity index is -0.0000000813. The van der Waals surface area contributed by atoms with Gasteiger partial charge in [0.15, 0.2) is 60.7 Å². The van der Waals surface area contributed by atoms with Crippen molar-refractivity contribution >= 4 is 129 Å². The molecule has 0 aliphatic heterocycles. The van der Waals surface area contributed by atoms with Crippen molar-refractivity contribution in [1.82, 2.24) is 0 Å². The van der Waals surface area contributed by atoms with Gasteiger partial charge in [-0.1, -0.05) is 0 Å². The predicted octanol–water partition coefficient (Wildman–Crippen LogP) is 0.249. The Labute approximate surface area is 374 Å². The van der Waals surface area contributed by atoms with Crippen molar-refractivity contribution in [3.05, 3.63) is 0 Å². The molecule has 0 saturated carbocycles. The molecule has 0 atom stereocenters. The van der Waals surface area contributed by atoms with Gasteiger partial charge < -0.3 is 27.3 Å². The topological polar surface area (TPSA) is 421 Å². The van der Waals surface area contributed by atoms with Crippen molar-refractivity contribution in [3.63, 3.8) is 0 Å². The Morgan fingerprint density at radius 1 is 0.231 bits per heavy atom. The van der Waals surface area contributed by atoms with Crippen molar-refractivity contribution in [2.24, 2.45) is 0 Å². The summed E-state index contributed by atoms with van der Waals surface area (Å²) < 4.78 is 463. The largest absolute Gasteiger partial charge is 4.00 e. The fourth-order valence-corrected chi connectivity index (χ4v) is 1.76. The monoisotopic (exact) mass is 1420 g/mol. The first kappa shape index (κ1) is 84.2. The van der Waals surface area contributed by atoms with Crippen LogP contribution in [-0.4, -0.2) is 187 Å². The summed E-state index contributed by atoms with van der Waals surface area (Å²) >= 11 is 0. The molecular weight excluding hydrogens is 1410 g/mol. The summed E-state index contributed by atoms with van der Waals surface area (Å²) in [7, 11) is -50.2. The molecule has 0 saturated heterocycles. The van der Waals surface area contributed by atoms with E-state index >= 15 is 0 Å². The van der Waals surface area contributed by atoms with Crippen LogP contribution in [0, 0.1) is 0 Å². The molecule has 0 fully saturated rings. The minimum Gasteiger partial charge on any atom is -0.741 e. The van der Waals surface area contributed by atoms with Gasteiger partial charge in [0.05, 0.1) is 0 Å². The van der Waals surface area contributed by atoms with Crippen LogP contribution in [0.25, 0.3) is 0 Å². The number of halogens is 24. The average molecular weight is 1410 g/mol. The fourth-order valence-electron chi connectivity index (χ4n) is 0.195. The third-order valence-electron chi connectivity index (χ3n) is 2.45. The Bertz CT molecular complexity index is 1980. The van der Waals surface area contributed by atoms with Gasteiger partial charge in [0.1, 0.15) is 0 Å². The van der Waals surface area contributed by atoms with E-state index < -0.39 is 125 Å². The molecule has 57 heteroatoms. The maximum atomic E-state index is 11.4. The molecule has 0 aromatic rings. The second kappa shape index (κ2) is 26.4. The van der Waals surface area contributed by atoms with E-state index in [9.17, 15) is 122 Å². The molecule has 0 heterocycles. The number of rotatable bonds is 2. The molecule has 0 rings (SSSR count). The first-order valence-electron chi connectivity index (χ1n) is 10.2. The van der Waals surface area contributed by atoms with Gasteiger partial charge in [-0.05, 0) is 0 Å². The zero-order chi connectivity index (χ0) is 54.7. The van der Waals surface area contributed by atoms with Gasteiger partial charge in [0.25, 0.3) is 0 Å². The normalized spacial score (nSPS) is 13.9. The molecule has 0 spiro atoms. The van der Waals surface area contributed by atoms with Crippen LogP contribution in [0.3, 0.4) is 0 Å².